The van der Waals surface area contributed by atoms with Crippen molar-refractivity contribution >= 4 is 5.97 Å². The number of carbonyl (C=O) groups is 1. The molecule has 0 spiro atoms. The van der Waals surface area contributed by atoms with Crippen LogP contribution in [0.2, 0.25) is 0 Å². The fraction of sp³-hybridized carbons (Fsp3) is 0.800. The van der Waals surface area contributed by atoms with Crippen LogP contribution in [-0.4, -0.2) is 49.3 Å². The van der Waals surface area contributed by atoms with Gasteiger partial charge < -0.3 is 14.2 Å². The molecule has 1 saturated carbocycles. The number of rotatable bonds is 10. The zero-order chi connectivity index (χ0) is 20.7. The fourth-order valence-corrected chi connectivity index (χ4v) is 3.90. The Balaban J connectivity index is 2.23. The largest absolute Gasteiger partial charge is 0.461 e. The van der Waals surface area contributed by atoms with Crippen LogP contribution in [0, 0.1) is 18.8 Å². The van der Waals surface area contributed by atoms with Crippen molar-refractivity contribution in [1.29, 1.82) is 0 Å². The molecule has 6 nitrogen and oxygen atoms in total. The molecule has 0 amide bonds. The van der Waals surface area contributed by atoms with Crippen molar-refractivity contribution in [2.24, 2.45) is 11.8 Å². The van der Waals surface area contributed by atoms with E-state index in [1.165, 1.54) is 11.6 Å². The van der Waals surface area contributed by atoms with Gasteiger partial charge in [-0.2, -0.15) is 13.9 Å². The van der Waals surface area contributed by atoms with Crippen molar-refractivity contribution in [3.63, 3.8) is 0 Å². The van der Waals surface area contributed by atoms with Gasteiger partial charge in [-0.25, -0.2) is 4.79 Å². The lowest BCUT2D eigenvalue weighted by Crippen LogP contribution is -2.30. The first-order chi connectivity index (χ1) is 13.3. The van der Waals surface area contributed by atoms with Gasteiger partial charge in [0.05, 0.1) is 19.8 Å². The summed E-state index contributed by atoms with van der Waals surface area (Å²) in [5.41, 5.74) is -0.0445. The maximum atomic E-state index is 14.0. The lowest BCUT2D eigenvalue weighted by atomic mass is 9.79. The summed E-state index contributed by atoms with van der Waals surface area (Å²) in [6.45, 7) is 6.25. The Hall–Kier alpha value is -1.54. The topological polar surface area (TPSA) is 62.6 Å². The van der Waals surface area contributed by atoms with Gasteiger partial charge in [0.1, 0.15) is 11.4 Å². The van der Waals surface area contributed by atoms with E-state index in [2.05, 4.69) is 5.10 Å². The molecule has 0 aliphatic heterocycles. The van der Waals surface area contributed by atoms with E-state index in [1.807, 2.05) is 0 Å². The zero-order valence-electron chi connectivity index (χ0n) is 17.3. The number of ether oxygens (including phenoxy) is 3. The number of alkyl halides is 2. The molecule has 1 aliphatic rings. The number of methoxy groups -OCH3 is 1. The summed E-state index contributed by atoms with van der Waals surface area (Å²) in [4.78, 5) is 12.4. The standard InChI is InChI=1S/C20H32F2N2O4/c1-5-28-19(25)17-14(2)18(20(3,21)22)23-24(17)12-15-8-6-7-9-16(15)13-27-11-10-26-4/h15-16H,5-13H2,1-4H3. The highest BCUT2D eigenvalue weighted by Gasteiger charge is 2.36. The van der Waals surface area contributed by atoms with E-state index in [9.17, 15) is 13.6 Å². The van der Waals surface area contributed by atoms with E-state index >= 15 is 0 Å². The molecule has 160 valence electrons. The normalized spacial score (nSPS) is 20.4. The molecule has 0 aromatic carbocycles. The number of hydrogen-bond donors (Lipinski definition) is 0. The smallest absolute Gasteiger partial charge is 0.356 e. The Morgan fingerprint density at radius 2 is 1.93 bits per heavy atom. The van der Waals surface area contributed by atoms with E-state index in [4.69, 9.17) is 14.2 Å². The average molecular weight is 402 g/mol. The van der Waals surface area contributed by atoms with Gasteiger partial charge in [0.15, 0.2) is 0 Å². The average Bonchev–Trinajstić information content (AvgIpc) is 2.96. The van der Waals surface area contributed by atoms with Crippen molar-refractivity contribution < 1.29 is 27.8 Å². The van der Waals surface area contributed by atoms with Crippen molar-refractivity contribution in [3.8, 4) is 0 Å². The molecule has 0 radical (unpaired) electrons. The highest BCUT2D eigenvalue weighted by atomic mass is 19.3. The zero-order valence-corrected chi connectivity index (χ0v) is 17.3. The third-order valence-corrected chi connectivity index (χ3v) is 5.31. The van der Waals surface area contributed by atoms with Gasteiger partial charge in [0, 0.05) is 32.7 Å². The van der Waals surface area contributed by atoms with Crippen LogP contribution in [0.3, 0.4) is 0 Å². The number of aromatic nitrogens is 2. The van der Waals surface area contributed by atoms with E-state index in [0.717, 1.165) is 32.6 Å². The predicted octanol–water partition coefficient (Wildman–Crippen LogP) is 3.95. The predicted molar refractivity (Wildman–Crippen MR) is 101 cm³/mol. The molecule has 0 bridgehead atoms. The molecule has 0 N–H and O–H groups in total. The van der Waals surface area contributed by atoms with Gasteiger partial charge in [-0.1, -0.05) is 12.8 Å². The number of nitrogens with zero attached hydrogens (tertiary/aromatic N) is 2. The highest BCUT2D eigenvalue weighted by molar-refractivity contribution is 5.89. The lowest BCUT2D eigenvalue weighted by Gasteiger charge is -2.31. The van der Waals surface area contributed by atoms with E-state index in [1.54, 1.807) is 14.0 Å². The third-order valence-electron chi connectivity index (χ3n) is 5.31. The van der Waals surface area contributed by atoms with E-state index in [0.29, 0.717) is 32.3 Å². The molecule has 8 heteroatoms. The summed E-state index contributed by atoms with van der Waals surface area (Å²) in [7, 11) is 1.63. The minimum absolute atomic E-state index is 0.128. The summed E-state index contributed by atoms with van der Waals surface area (Å²) in [5, 5.41) is 4.13. The fourth-order valence-electron chi connectivity index (χ4n) is 3.90. The second kappa shape index (κ2) is 10.3. The second-order valence-electron chi connectivity index (χ2n) is 7.49. The number of esters is 1. The molecular weight excluding hydrogens is 370 g/mol. The summed E-state index contributed by atoms with van der Waals surface area (Å²) in [5.74, 6) is -3.21. The minimum Gasteiger partial charge on any atom is -0.461 e. The van der Waals surface area contributed by atoms with Crippen LogP contribution < -0.4 is 0 Å². The Morgan fingerprint density at radius 3 is 2.54 bits per heavy atom. The maximum Gasteiger partial charge on any atom is 0.356 e. The van der Waals surface area contributed by atoms with Crippen molar-refractivity contribution in [1.82, 2.24) is 9.78 Å². The maximum absolute atomic E-state index is 14.0. The van der Waals surface area contributed by atoms with Gasteiger partial charge in [0.2, 0.25) is 0 Å². The minimum atomic E-state index is -3.12. The van der Waals surface area contributed by atoms with Gasteiger partial charge >= 0.3 is 5.97 Å². The molecule has 2 atom stereocenters. The van der Waals surface area contributed by atoms with Crippen molar-refractivity contribution in [3.05, 3.63) is 17.0 Å². The van der Waals surface area contributed by atoms with Gasteiger partial charge in [-0.3, -0.25) is 4.68 Å². The molecule has 2 unspecified atom stereocenters. The first kappa shape index (κ1) is 22.7. The van der Waals surface area contributed by atoms with E-state index < -0.39 is 11.9 Å². The molecule has 2 rings (SSSR count). The van der Waals surface area contributed by atoms with Crippen molar-refractivity contribution in [2.75, 3.05) is 33.5 Å². The Bertz CT molecular complexity index is 643. The monoisotopic (exact) mass is 402 g/mol. The molecule has 1 heterocycles. The van der Waals surface area contributed by atoms with Crippen LogP contribution in [0.15, 0.2) is 0 Å². The molecule has 0 saturated heterocycles. The molecule has 1 aromatic heterocycles. The highest BCUT2D eigenvalue weighted by Crippen LogP contribution is 2.34. The number of carbonyl (C=O) groups excluding carboxylic acids is 1. The first-order valence-corrected chi connectivity index (χ1v) is 9.99. The third kappa shape index (κ3) is 5.73. The Labute approximate surface area is 165 Å². The van der Waals surface area contributed by atoms with Gasteiger partial charge in [0.25, 0.3) is 5.92 Å². The SMILES string of the molecule is CCOC(=O)c1c(C)c(C(C)(F)F)nn1CC1CCCCC1COCCOC. The summed E-state index contributed by atoms with van der Waals surface area (Å²) < 4.78 is 45.2. The van der Waals surface area contributed by atoms with Crippen LogP contribution in [0.4, 0.5) is 8.78 Å². The van der Waals surface area contributed by atoms with Gasteiger partial charge in [-0.15, -0.1) is 0 Å². The number of hydrogen-bond acceptors (Lipinski definition) is 5. The summed E-state index contributed by atoms with van der Waals surface area (Å²) >= 11 is 0. The van der Waals surface area contributed by atoms with Gasteiger partial charge in [-0.05, 0) is 38.5 Å². The number of halogens is 2. The summed E-state index contributed by atoms with van der Waals surface area (Å²) in [6.07, 6.45) is 4.17. The lowest BCUT2D eigenvalue weighted by molar-refractivity contribution is 0.0103. The van der Waals surface area contributed by atoms with Crippen LogP contribution >= 0.6 is 0 Å². The molecular formula is C20H32F2N2O4. The van der Waals surface area contributed by atoms with Crippen LogP contribution in [0.25, 0.3) is 0 Å². The summed E-state index contributed by atoms with van der Waals surface area (Å²) in [6, 6.07) is 0. The van der Waals surface area contributed by atoms with Crippen LogP contribution in [0.1, 0.15) is 61.3 Å². The van der Waals surface area contributed by atoms with Crippen LogP contribution in [0.5, 0.6) is 0 Å². The molecule has 1 aliphatic carbocycles. The molecule has 28 heavy (non-hydrogen) atoms. The second-order valence-corrected chi connectivity index (χ2v) is 7.49. The van der Waals surface area contributed by atoms with Crippen LogP contribution in [-0.2, 0) is 26.7 Å². The quantitative estimate of drug-likeness (QED) is 0.438. The van der Waals surface area contributed by atoms with Crippen molar-refractivity contribution in [2.45, 2.75) is 58.9 Å². The molecule has 1 fully saturated rings. The Morgan fingerprint density at radius 1 is 1.25 bits per heavy atom. The Kier molecular flexibility index (Phi) is 8.37. The van der Waals surface area contributed by atoms with E-state index in [-0.39, 0.29) is 29.5 Å². The first-order valence-electron chi connectivity index (χ1n) is 9.99. The molecule has 1 aromatic rings.